The molecule has 1 amide bonds. The topological polar surface area (TPSA) is 63.7 Å². The van der Waals surface area contributed by atoms with Crippen LogP contribution in [0.2, 0.25) is 5.02 Å². The molecule has 0 aliphatic carbocycles. The fourth-order valence-electron chi connectivity index (χ4n) is 3.48. The normalized spacial score (nSPS) is 14.1. The fourth-order valence-corrected chi connectivity index (χ4v) is 3.71. The zero-order valence-corrected chi connectivity index (χ0v) is 18.1. The zero-order valence-electron chi connectivity index (χ0n) is 17.3. The lowest BCUT2D eigenvalue weighted by molar-refractivity contribution is 0.102. The van der Waals surface area contributed by atoms with Crippen LogP contribution in [-0.2, 0) is 4.74 Å². The lowest BCUT2D eigenvalue weighted by atomic mass is 10.0. The Bertz CT molecular complexity index is 1030. The van der Waals surface area contributed by atoms with Gasteiger partial charge in [0.2, 0.25) is 0 Å². The molecule has 1 saturated heterocycles. The Labute approximate surface area is 186 Å². The molecule has 1 aliphatic rings. The predicted octanol–water partition coefficient (Wildman–Crippen LogP) is 4.89. The summed E-state index contributed by atoms with van der Waals surface area (Å²) in [4.78, 5) is 19.5. The van der Waals surface area contributed by atoms with E-state index in [2.05, 4.69) is 15.2 Å². The van der Waals surface area contributed by atoms with Gasteiger partial charge < -0.3 is 19.7 Å². The van der Waals surface area contributed by atoms with Crippen molar-refractivity contribution in [2.24, 2.45) is 0 Å². The summed E-state index contributed by atoms with van der Waals surface area (Å²) in [7, 11) is 1.62. The van der Waals surface area contributed by atoms with Gasteiger partial charge in [-0.05, 0) is 54.4 Å². The summed E-state index contributed by atoms with van der Waals surface area (Å²) in [5.41, 5.74) is 2.85. The molecule has 2 heterocycles. The monoisotopic (exact) mass is 437 g/mol. The number of benzene rings is 2. The van der Waals surface area contributed by atoms with E-state index in [4.69, 9.17) is 21.1 Å². The number of ether oxygens (including phenoxy) is 2. The molecule has 0 saturated carbocycles. The maximum Gasteiger partial charge on any atom is 0.255 e. The van der Waals surface area contributed by atoms with Crippen LogP contribution in [0.5, 0.6) is 5.75 Å². The maximum absolute atomic E-state index is 12.8. The highest BCUT2D eigenvalue weighted by Gasteiger charge is 2.13. The first-order valence-corrected chi connectivity index (χ1v) is 10.6. The minimum Gasteiger partial charge on any atom is -0.497 e. The van der Waals surface area contributed by atoms with Crippen LogP contribution in [0.15, 0.2) is 60.8 Å². The van der Waals surface area contributed by atoms with Gasteiger partial charge in [-0.2, -0.15) is 0 Å². The molecule has 0 unspecified atom stereocenters. The molecule has 4 rings (SSSR count). The van der Waals surface area contributed by atoms with E-state index < -0.39 is 0 Å². The van der Waals surface area contributed by atoms with Crippen LogP contribution in [0.4, 0.5) is 11.5 Å². The molecule has 1 N–H and O–H groups in total. The number of rotatable bonds is 5. The van der Waals surface area contributed by atoms with Crippen LogP contribution in [0.1, 0.15) is 16.8 Å². The van der Waals surface area contributed by atoms with Gasteiger partial charge in [0.05, 0.1) is 25.6 Å². The molecule has 2 aromatic carbocycles. The number of carbonyl (C=O) groups excluding carboxylic acids is 1. The molecule has 1 aliphatic heterocycles. The Hall–Kier alpha value is -3.09. The van der Waals surface area contributed by atoms with Gasteiger partial charge >= 0.3 is 0 Å². The van der Waals surface area contributed by atoms with E-state index in [0.717, 1.165) is 48.8 Å². The van der Waals surface area contributed by atoms with E-state index in [1.165, 1.54) is 0 Å². The number of methoxy groups -OCH3 is 1. The summed E-state index contributed by atoms with van der Waals surface area (Å²) < 4.78 is 10.7. The van der Waals surface area contributed by atoms with Gasteiger partial charge in [0, 0.05) is 35.8 Å². The summed E-state index contributed by atoms with van der Waals surface area (Å²) in [5, 5.41) is 3.49. The molecule has 0 atom stereocenters. The molecule has 3 aromatic rings. The Morgan fingerprint density at radius 2 is 1.94 bits per heavy atom. The van der Waals surface area contributed by atoms with E-state index >= 15 is 0 Å². The Kier molecular flexibility index (Phi) is 6.70. The summed E-state index contributed by atoms with van der Waals surface area (Å²) in [5.74, 6) is 1.43. The number of anilines is 2. The second-order valence-electron chi connectivity index (χ2n) is 7.24. The van der Waals surface area contributed by atoms with Crippen LogP contribution in [0.25, 0.3) is 11.1 Å². The average Bonchev–Trinajstić information content (AvgIpc) is 3.10. The largest absolute Gasteiger partial charge is 0.497 e. The summed E-state index contributed by atoms with van der Waals surface area (Å²) >= 11 is 6.39. The fraction of sp³-hybridized carbons (Fsp3) is 0.250. The minimum atomic E-state index is -0.218. The SMILES string of the molecule is COc1ccc(-c2cc(C(=O)Nc3ccc(N4CCCOCC4)nc3)ccc2Cl)cc1. The van der Waals surface area contributed by atoms with Crippen molar-refractivity contribution < 1.29 is 14.3 Å². The average molecular weight is 438 g/mol. The number of nitrogens with one attached hydrogen (secondary N) is 1. The Morgan fingerprint density at radius 1 is 1.10 bits per heavy atom. The number of aromatic nitrogens is 1. The number of halogens is 1. The third kappa shape index (κ3) is 5.16. The summed E-state index contributed by atoms with van der Waals surface area (Å²) in [6, 6.07) is 16.6. The smallest absolute Gasteiger partial charge is 0.255 e. The van der Waals surface area contributed by atoms with Crippen LogP contribution >= 0.6 is 11.6 Å². The van der Waals surface area contributed by atoms with Crippen molar-refractivity contribution in [3.63, 3.8) is 0 Å². The molecule has 1 aromatic heterocycles. The molecule has 1 fully saturated rings. The van der Waals surface area contributed by atoms with Crippen molar-refractivity contribution in [3.8, 4) is 16.9 Å². The van der Waals surface area contributed by atoms with Crippen LogP contribution in [-0.4, -0.2) is 44.3 Å². The third-order valence-electron chi connectivity index (χ3n) is 5.18. The van der Waals surface area contributed by atoms with Gasteiger partial charge in [0.15, 0.2) is 0 Å². The minimum absolute atomic E-state index is 0.218. The van der Waals surface area contributed by atoms with Crippen molar-refractivity contribution in [2.45, 2.75) is 6.42 Å². The molecule has 0 bridgehead atoms. The summed E-state index contributed by atoms with van der Waals surface area (Å²) in [6.07, 6.45) is 2.66. The lowest BCUT2D eigenvalue weighted by Crippen LogP contribution is -2.26. The first-order valence-electron chi connectivity index (χ1n) is 10.2. The van der Waals surface area contributed by atoms with Gasteiger partial charge in [-0.25, -0.2) is 4.98 Å². The van der Waals surface area contributed by atoms with Gasteiger partial charge in [0.25, 0.3) is 5.91 Å². The standard InChI is InChI=1S/C24H24ClN3O3/c1-30-20-7-3-17(4-8-20)21-15-18(5-9-22(21)25)24(29)27-19-6-10-23(26-16-19)28-11-2-13-31-14-12-28/h3-10,15-16H,2,11-14H2,1H3,(H,27,29). The number of carbonyl (C=O) groups is 1. The zero-order chi connectivity index (χ0) is 21.6. The van der Waals surface area contributed by atoms with Gasteiger partial charge in [-0.1, -0.05) is 23.7 Å². The van der Waals surface area contributed by atoms with Gasteiger partial charge in [-0.3, -0.25) is 4.79 Å². The van der Waals surface area contributed by atoms with E-state index in [1.807, 2.05) is 36.4 Å². The van der Waals surface area contributed by atoms with Gasteiger partial charge in [0.1, 0.15) is 11.6 Å². The Balaban J connectivity index is 1.48. The lowest BCUT2D eigenvalue weighted by Gasteiger charge is -2.20. The number of nitrogens with zero attached hydrogens (tertiary/aromatic N) is 2. The van der Waals surface area contributed by atoms with E-state index in [0.29, 0.717) is 22.9 Å². The van der Waals surface area contributed by atoms with Crippen molar-refractivity contribution in [1.29, 1.82) is 0 Å². The number of hydrogen-bond acceptors (Lipinski definition) is 5. The number of pyridine rings is 1. The second-order valence-corrected chi connectivity index (χ2v) is 7.64. The highest BCUT2D eigenvalue weighted by Crippen LogP contribution is 2.30. The molecule has 0 radical (unpaired) electrons. The maximum atomic E-state index is 12.8. The molecule has 7 heteroatoms. The van der Waals surface area contributed by atoms with E-state index in [-0.39, 0.29) is 5.91 Å². The first kappa shape index (κ1) is 21.2. The van der Waals surface area contributed by atoms with Crippen molar-refractivity contribution in [2.75, 3.05) is 43.6 Å². The molecule has 0 spiro atoms. The van der Waals surface area contributed by atoms with Gasteiger partial charge in [-0.15, -0.1) is 0 Å². The predicted molar refractivity (Wildman–Crippen MR) is 123 cm³/mol. The third-order valence-corrected chi connectivity index (χ3v) is 5.51. The molecule has 6 nitrogen and oxygen atoms in total. The molecular weight excluding hydrogens is 414 g/mol. The van der Waals surface area contributed by atoms with Crippen LogP contribution < -0.4 is 15.0 Å². The molecular formula is C24H24ClN3O3. The molecule has 31 heavy (non-hydrogen) atoms. The summed E-state index contributed by atoms with van der Waals surface area (Å²) in [6.45, 7) is 3.22. The first-order chi connectivity index (χ1) is 15.1. The van der Waals surface area contributed by atoms with Crippen molar-refractivity contribution in [3.05, 3.63) is 71.4 Å². The Morgan fingerprint density at radius 3 is 2.68 bits per heavy atom. The van der Waals surface area contributed by atoms with Crippen LogP contribution in [0.3, 0.4) is 0 Å². The second kappa shape index (κ2) is 9.81. The number of hydrogen-bond donors (Lipinski definition) is 1. The number of amides is 1. The van der Waals surface area contributed by atoms with E-state index in [9.17, 15) is 4.79 Å². The van der Waals surface area contributed by atoms with Crippen molar-refractivity contribution in [1.82, 2.24) is 4.98 Å². The highest BCUT2D eigenvalue weighted by atomic mass is 35.5. The van der Waals surface area contributed by atoms with Crippen molar-refractivity contribution >= 4 is 29.0 Å². The highest BCUT2D eigenvalue weighted by molar-refractivity contribution is 6.33. The van der Waals surface area contributed by atoms with Crippen LogP contribution in [0, 0.1) is 0 Å². The van der Waals surface area contributed by atoms with E-state index in [1.54, 1.807) is 31.5 Å². The quantitative estimate of drug-likeness (QED) is 0.615. The molecule has 160 valence electrons.